The smallest absolute Gasteiger partial charge is 0.494 e. The van der Waals surface area contributed by atoms with E-state index in [1.54, 1.807) is 42.5 Å². The van der Waals surface area contributed by atoms with E-state index in [1.807, 2.05) is 6.92 Å². The minimum Gasteiger partial charge on any atom is -0.494 e. The molecule has 0 radical (unpaired) electrons. The van der Waals surface area contributed by atoms with Crippen molar-refractivity contribution in [3.05, 3.63) is 42.5 Å². The van der Waals surface area contributed by atoms with Crippen molar-refractivity contribution in [2.45, 2.75) is 6.92 Å². The number of ether oxygens (including phenoxy) is 5. The first-order valence-corrected chi connectivity index (χ1v) is 8.21. The zero-order valence-corrected chi connectivity index (χ0v) is 15.1. The minimum absolute atomic E-state index is 0.284. The van der Waals surface area contributed by atoms with E-state index in [1.165, 1.54) is 14.2 Å². The summed E-state index contributed by atoms with van der Waals surface area (Å²) in [4.78, 5) is 23.6. The molecule has 0 atom stereocenters. The molecule has 0 aliphatic heterocycles. The topological polar surface area (TPSA) is 80.3 Å². The Bertz CT molecular complexity index is 1010. The Morgan fingerprint density at radius 2 is 1.30 bits per heavy atom. The number of benzene rings is 3. The molecule has 0 fully saturated rings. The van der Waals surface area contributed by atoms with Crippen LogP contribution in [0.15, 0.2) is 42.5 Å². The lowest BCUT2D eigenvalue weighted by Crippen LogP contribution is -2.10. The molecule has 27 heavy (non-hydrogen) atoms. The fourth-order valence-electron chi connectivity index (χ4n) is 2.80. The molecule has 7 heteroatoms. The van der Waals surface area contributed by atoms with E-state index >= 15 is 0 Å². The molecular weight excluding hydrogens is 352 g/mol. The maximum absolute atomic E-state index is 11.8. The highest BCUT2D eigenvalue weighted by Crippen LogP contribution is 2.44. The van der Waals surface area contributed by atoms with E-state index < -0.39 is 12.3 Å². The zero-order valence-electron chi connectivity index (χ0n) is 15.1. The maximum atomic E-state index is 11.8. The number of carbonyl (C=O) groups is 2. The molecule has 0 saturated carbocycles. The Morgan fingerprint density at radius 1 is 0.778 bits per heavy atom. The molecule has 0 bridgehead atoms. The third-order valence-electron chi connectivity index (χ3n) is 3.91. The van der Waals surface area contributed by atoms with E-state index in [4.69, 9.17) is 14.2 Å². The summed E-state index contributed by atoms with van der Waals surface area (Å²) in [5, 5.41) is 2.24. The first-order chi connectivity index (χ1) is 13.1. The van der Waals surface area contributed by atoms with Crippen LogP contribution < -0.4 is 14.2 Å². The number of hydrogen-bond donors (Lipinski definition) is 0. The van der Waals surface area contributed by atoms with Crippen molar-refractivity contribution in [2.24, 2.45) is 0 Å². The van der Waals surface area contributed by atoms with Gasteiger partial charge in [-0.15, -0.1) is 0 Å². The number of fused-ring (bicyclic) bond motifs is 2. The SMILES string of the molecule is CCOc1ccc2c(OC(=O)OC)c3ccccc3c(OC(=O)OC)c2c1. The van der Waals surface area contributed by atoms with Gasteiger partial charge in [0.25, 0.3) is 0 Å². The van der Waals surface area contributed by atoms with Gasteiger partial charge in [0.05, 0.1) is 20.8 Å². The highest BCUT2D eigenvalue weighted by Gasteiger charge is 2.21. The maximum Gasteiger partial charge on any atom is 0.513 e. The van der Waals surface area contributed by atoms with Gasteiger partial charge < -0.3 is 23.7 Å². The summed E-state index contributed by atoms with van der Waals surface area (Å²) >= 11 is 0. The van der Waals surface area contributed by atoms with Gasteiger partial charge in [0.2, 0.25) is 0 Å². The molecule has 0 unspecified atom stereocenters. The van der Waals surface area contributed by atoms with Crippen LogP contribution in [0.4, 0.5) is 9.59 Å². The Morgan fingerprint density at radius 3 is 1.81 bits per heavy atom. The van der Waals surface area contributed by atoms with Crippen molar-refractivity contribution in [1.82, 2.24) is 0 Å². The van der Waals surface area contributed by atoms with Gasteiger partial charge in [0.1, 0.15) is 11.5 Å². The normalized spacial score (nSPS) is 10.5. The standard InChI is InChI=1S/C20H18O7/c1-4-25-12-9-10-15-16(11-12)18(27-20(22)24-3)14-8-6-5-7-13(14)17(15)26-19(21)23-2/h5-11H,4H2,1-3H3. The summed E-state index contributed by atoms with van der Waals surface area (Å²) in [6.07, 6.45) is -1.71. The molecule has 0 heterocycles. The molecule has 0 aliphatic carbocycles. The van der Waals surface area contributed by atoms with Crippen molar-refractivity contribution in [3.8, 4) is 17.2 Å². The van der Waals surface area contributed by atoms with Crippen molar-refractivity contribution < 1.29 is 33.3 Å². The molecule has 7 nitrogen and oxygen atoms in total. The summed E-state index contributed by atoms with van der Waals surface area (Å²) in [5.41, 5.74) is 0. The second-order valence-corrected chi connectivity index (χ2v) is 5.46. The van der Waals surface area contributed by atoms with E-state index in [0.29, 0.717) is 39.7 Å². The van der Waals surface area contributed by atoms with Gasteiger partial charge in [-0.05, 0) is 25.1 Å². The van der Waals surface area contributed by atoms with E-state index in [9.17, 15) is 9.59 Å². The minimum atomic E-state index is -0.857. The van der Waals surface area contributed by atoms with Gasteiger partial charge in [0.15, 0.2) is 5.75 Å². The molecule has 0 amide bonds. The van der Waals surface area contributed by atoms with Crippen LogP contribution in [-0.4, -0.2) is 33.1 Å². The number of rotatable bonds is 4. The molecular formula is C20H18O7. The largest absolute Gasteiger partial charge is 0.513 e. The number of methoxy groups -OCH3 is 2. The van der Waals surface area contributed by atoms with Gasteiger partial charge in [0, 0.05) is 21.5 Å². The molecule has 0 saturated heterocycles. The quantitative estimate of drug-likeness (QED) is 0.375. The Hall–Kier alpha value is -3.48. The van der Waals surface area contributed by atoms with Crippen LogP contribution in [0.25, 0.3) is 21.5 Å². The fraction of sp³-hybridized carbons (Fsp3) is 0.200. The molecule has 0 N–H and O–H groups in total. The first-order valence-electron chi connectivity index (χ1n) is 8.21. The van der Waals surface area contributed by atoms with Crippen LogP contribution in [0.3, 0.4) is 0 Å². The van der Waals surface area contributed by atoms with Crippen LogP contribution in [-0.2, 0) is 9.47 Å². The first kappa shape index (κ1) is 18.3. The summed E-state index contributed by atoms with van der Waals surface area (Å²) < 4.78 is 25.7. The average Bonchev–Trinajstić information content (AvgIpc) is 2.70. The summed E-state index contributed by atoms with van der Waals surface area (Å²) in [5.74, 6) is 1.16. The summed E-state index contributed by atoms with van der Waals surface area (Å²) in [6, 6.07) is 12.3. The fourth-order valence-corrected chi connectivity index (χ4v) is 2.80. The monoisotopic (exact) mass is 370 g/mol. The highest BCUT2D eigenvalue weighted by atomic mass is 16.7. The van der Waals surface area contributed by atoms with Crippen LogP contribution in [0.2, 0.25) is 0 Å². The highest BCUT2D eigenvalue weighted by molar-refractivity contribution is 6.12. The van der Waals surface area contributed by atoms with E-state index in [2.05, 4.69) is 9.47 Å². The Kier molecular flexibility index (Phi) is 5.30. The van der Waals surface area contributed by atoms with Crippen LogP contribution in [0.1, 0.15) is 6.92 Å². The Balaban J connectivity index is 2.37. The molecule has 3 rings (SSSR count). The Labute approximate surface area is 155 Å². The predicted octanol–water partition coefficient (Wildman–Crippen LogP) is 4.68. The lowest BCUT2D eigenvalue weighted by atomic mass is 10.0. The number of carbonyl (C=O) groups excluding carboxylic acids is 2. The van der Waals surface area contributed by atoms with Gasteiger partial charge in [-0.25, -0.2) is 9.59 Å². The predicted molar refractivity (Wildman–Crippen MR) is 98.7 cm³/mol. The summed E-state index contributed by atoms with van der Waals surface area (Å²) in [6.45, 7) is 2.33. The second kappa shape index (κ2) is 7.82. The van der Waals surface area contributed by atoms with E-state index in [0.717, 1.165) is 0 Å². The van der Waals surface area contributed by atoms with Gasteiger partial charge in [-0.1, -0.05) is 24.3 Å². The van der Waals surface area contributed by atoms with Gasteiger partial charge >= 0.3 is 12.3 Å². The third-order valence-corrected chi connectivity index (χ3v) is 3.91. The van der Waals surface area contributed by atoms with Crippen molar-refractivity contribution in [3.63, 3.8) is 0 Å². The van der Waals surface area contributed by atoms with Crippen molar-refractivity contribution in [2.75, 3.05) is 20.8 Å². The van der Waals surface area contributed by atoms with E-state index in [-0.39, 0.29) is 5.75 Å². The second-order valence-electron chi connectivity index (χ2n) is 5.46. The van der Waals surface area contributed by atoms with Crippen LogP contribution in [0.5, 0.6) is 17.2 Å². The third kappa shape index (κ3) is 3.57. The molecule has 0 aliphatic rings. The lowest BCUT2D eigenvalue weighted by molar-refractivity contribution is 0.120. The lowest BCUT2D eigenvalue weighted by Gasteiger charge is -2.16. The molecule has 0 spiro atoms. The summed E-state index contributed by atoms with van der Waals surface area (Å²) in [7, 11) is 2.46. The van der Waals surface area contributed by atoms with Gasteiger partial charge in [-0.3, -0.25) is 0 Å². The molecule has 0 aromatic heterocycles. The van der Waals surface area contributed by atoms with Crippen molar-refractivity contribution in [1.29, 1.82) is 0 Å². The molecule has 3 aromatic carbocycles. The number of hydrogen-bond acceptors (Lipinski definition) is 7. The van der Waals surface area contributed by atoms with Crippen molar-refractivity contribution >= 4 is 33.9 Å². The van der Waals surface area contributed by atoms with Crippen LogP contribution >= 0.6 is 0 Å². The molecule has 3 aromatic rings. The average molecular weight is 370 g/mol. The van der Waals surface area contributed by atoms with Crippen LogP contribution in [0, 0.1) is 0 Å². The zero-order chi connectivity index (χ0) is 19.4. The molecule has 140 valence electrons. The van der Waals surface area contributed by atoms with Gasteiger partial charge in [-0.2, -0.15) is 0 Å².